The summed E-state index contributed by atoms with van der Waals surface area (Å²) in [4.78, 5) is 25.6. The highest BCUT2D eigenvalue weighted by Crippen LogP contribution is 2.38. The standard InChI is InChI=1S/C22H26FNO4/c1-15-18(20(25)26)6-4-12-22(15,21(27)28)24-13-10-16(11-14-24)8-9-17-5-2-3-7-19(17)23/h2-7,12,15-16H,8-11,13-14H2,1H3,(H,25,26)(H,27,28). The summed E-state index contributed by atoms with van der Waals surface area (Å²) in [5.41, 5.74) is -0.502. The molecule has 3 rings (SSSR count). The van der Waals surface area contributed by atoms with Gasteiger partial charge in [-0.25, -0.2) is 14.0 Å². The Labute approximate surface area is 164 Å². The van der Waals surface area contributed by atoms with Gasteiger partial charge in [0.1, 0.15) is 11.4 Å². The third-order valence-electron chi connectivity index (χ3n) is 6.26. The monoisotopic (exact) mass is 387 g/mol. The van der Waals surface area contributed by atoms with Crippen LogP contribution in [0, 0.1) is 17.7 Å². The Bertz CT molecular complexity index is 811. The number of hydrogen-bond acceptors (Lipinski definition) is 3. The van der Waals surface area contributed by atoms with Crippen LogP contribution in [0.1, 0.15) is 31.7 Å². The van der Waals surface area contributed by atoms with Crippen molar-refractivity contribution >= 4 is 11.9 Å². The lowest BCUT2D eigenvalue weighted by molar-refractivity contribution is -0.152. The van der Waals surface area contributed by atoms with Crippen LogP contribution in [0.25, 0.3) is 0 Å². The minimum Gasteiger partial charge on any atom is -0.480 e. The quantitative estimate of drug-likeness (QED) is 0.781. The molecule has 2 N–H and O–H groups in total. The molecule has 1 saturated heterocycles. The van der Waals surface area contributed by atoms with Crippen LogP contribution < -0.4 is 0 Å². The highest BCUT2D eigenvalue weighted by Gasteiger charge is 2.50. The summed E-state index contributed by atoms with van der Waals surface area (Å²) in [6.07, 6.45) is 7.81. The molecule has 1 aliphatic heterocycles. The molecule has 0 saturated carbocycles. The molecular weight excluding hydrogens is 361 g/mol. The Hall–Kier alpha value is -2.47. The van der Waals surface area contributed by atoms with Crippen molar-refractivity contribution in [1.82, 2.24) is 4.90 Å². The maximum atomic E-state index is 13.8. The summed E-state index contributed by atoms with van der Waals surface area (Å²) in [5.74, 6) is -2.53. The summed E-state index contributed by atoms with van der Waals surface area (Å²) in [6.45, 7) is 2.83. The molecule has 0 amide bonds. The number of halogens is 1. The van der Waals surface area contributed by atoms with Crippen LogP contribution in [0.5, 0.6) is 0 Å². The summed E-state index contributed by atoms with van der Waals surface area (Å²) in [5, 5.41) is 19.4. The number of carboxylic acids is 2. The van der Waals surface area contributed by atoms with Gasteiger partial charge < -0.3 is 10.2 Å². The molecule has 150 valence electrons. The summed E-state index contributed by atoms with van der Waals surface area (Å²) >= 11 is 0. The van der Waals surface area contributed by atoms with Gasteiger partial charge in [-0.2, -0.15) is 0 Å². The van der Waals surface area contributed by atoms with Crippen molar-refractivity contribution in [2.75, 3.05) is 13.1 Å². The average molecular weight is 387 g/mol. The maximum absolute atomic E-state index is 13.8. The minimum atomic E-state index is -1.33. The van der Waals surface area contributed by atoms with E-state index in [9.17, 15) is 24.2 Å². The highest BCUT2D eigenvalue weighted by molar-refractivity contribution is 5.92. The van der Waals surface area contributed by atoms with Crippen molar-refractivity contribution in [3.05, 3.63) is 59.4 Å². The molecule has 1 aromatic rings. The average Bonchev–Trinajstić information content (AvgIpc) is 2.68. The van der Waals surface area contributed by atoms with E-state index in [1.807, 2.05) is 11.0 Å². The van der Waals surface area contributed by atoms with Crippen molar-refractivity contribution in [3.8, 4) is 0 Å². The van der Waals surface area contributed by atoms with E-state index in [-0.39, 0.29) is 11.4 Å². The van der Waals surface area contributed by atoms with Crippen LogP contribution in [-0.4, -0.2) is 45.7 Å². The zero-order chi connectivity index (χ0) is 20.3. The Morgan fingerprint density at radius 2 is 1.89 bits per heavy atom. The van der Waals surface area contributed by atoms with E-state index < -0.39 is 23.4 Å². The van der Waals surface area contributed by atoms with Gasteiger partial charge in [0.05, 0.1) is 0 Å². The number of aliphatic carboxylic acids is 2. The Kier molecular flexibility index (Phi) is 5.98. The fourth-order valence-corrected chi connectivity index (χ4v) is 4.50. The van der Waals surface area contributed by atoms with Crippen molar-refractivity contribution in [1.29, 1.82) is 0 Å². The predicted octanol–water partition coefficient (Wildman–Crippen LogP) is 3.51. The molecule has 1 aromatic carbocycles. The zero-order valence-electron chi connectivity index (χ0n) is 16.0. The van der Waals surface area contributed by atoms with Crippen molar-refractivity contribution in [3.63, 3.8) is 0 Å². The number of allylic oxidation sites excluding steroid dienone is 2. The molecule has 2 atom stereocenters. The lowest BCUT2D eigenvalue weighted by Crippen LogP contribution is -2.61. The third kappa shape index (κ3) is 3.74. The topological polar surface area (TPSA) is 77.8 Å². The predicted molar refractivity (Wildman–Crippen MR) is 103 cm³/mol. The van der Waals surface area contributed by atoms with E-state index in [1.165, 1.54) is 12.1 Å². The first-order valence-corrected chi connectivity index (χ1v) is 9.70. The SMILES string of the molecule is CC1C(C(=O)O)=CC=CC1(C(=O)O)N1CCC(CCc2ccccc2F)CC1. The molecule has 2 aliphatic rings. The lowest BCUT2D eigenvalue weighted by Gasteiger charge is -2.47. The van der Waals surface area contributed by atoms with E-state index >= 15 is 0 Å². The van der Waals surface area contributed by atoms with Gasteiger partial charge >= 0.3 is 11.9 Å². The van der Waals surface area contributed by atoms with Crippen LogP contribution >= 0.6 is 0 Å². The molecule has 28 heavy (non-hydrogen) atoms. The first kappa shape index (κ1) is 20.3. The van der Waals surface area contributed by atoms with E-state index in [2.05, 4.69) is 0 Å². The second-order valence-electron chi connectivity index (χ2n) is 7.70. The lowest BCUT2D eigenvalue weighted by atomic mass is 9.74. The molecule has 0 aromatic heterocycles. The van der Waals surface area contributed by atoms with Crippen LogP contribution in [0.4, 0.5) is 4.39 Å². The van der Waals surface area contributed by atoms with Gasteiger partial charge in [0.25, 0.3) is 0 Å². The molecule has 2 unspecified atom stereocenters. The van der Waals surface area contributed by atoms with E-state index in [4.69, 9.17) is 0 Å². The molecule has 0 spiro atoms. The summed E-state index contributed by atoms with van der Waals surface area (Å²) in [6, 6.07) is 6.79. The fraction of sp³-hybridized carbons (Fsp3) is 0.455. The van der Waals surface area contributed by atoms with Crippen molar-refractivity contribution < 1.29 is 24.2 Å². The first-order valence-electron chi connectivity index (χ1n) is 9.70. The number of benzene rings is 1. The van der Waals surface area contributed by atoms with Gasteiger partial charge in [-0.1, -0.05) is 43.4 Å². The second-order valence-corrected chi connectivity index (χ2v) is 7.70. The first-order chi connectivity index (χ1) is 13.4. The molecule has 1 heterocycles. The Balaban J connectivity index is 1.66. The number of carboxylic acid groups (broad SMARTS) is 2. The molecule has 1 aliphatic carbocycles. The van der Waals surface area contributed by atoms with Gasteiger partial charge in [-0.3, -0.25) is 4.90 Å². The fourth-order valence-electron chi connectivity index (χ4n) is 4.50. The molecule has 5 nitrogen and oxygen atoms in total. The van der Waals surface area contributed by atoms with Gasteiger partial charge in [-0.05, 0) is 56.3 Å². The zero-order valence-corrected chi connectivity index (χ0v) is 16.0. The van der Waals surface area contributed by atoms with E-state index in [1.54, 1.807) is 31.2 Å². The van der Waals surface area contributed by atoms with E-state index in [0.717, 1.165) is 19.3 Å². The van der Waals surface area contributed by atoms with Crippen LogP contribution in [0.15, 0.2) is 48.1 Å². The number of carbonyl (C=O) groups is 2. The number of aryl methyl sites for hydroxylation is 1. The molecule has 1 fully saturated rings. The maximum Gasteiger partial charge on any atom is 0.331 e. The molecule has 0 bridgehead atoms. The van der Waals surface area contributed by atoms with Crippen LogP contribution in [0.3, 0.4) is 0 Å². The van der Waals surface area contributed by atoms with Crippen LogP contribution in [-0.2, 0) is 16.0 Å². The Morgan fingerprint density at radius 1 is 1.21 bits per heavy atom. The van der Waals surface area contributed by atoms with Gasteiger partial charge in [0.15, 0.2) is 0 Å². The van der Waals surface area contributed by atoms with Gasteiger partial charge in [0.2, 0.25) is 0 Å². The number of hydrogen-bond donors (Lipinski definition) is 2. The van der Waals surface area contributed by atoms with Crippen molar-refractivity contribution in [2.24, 2.45) is 11.8 Å². The second kappa shape index (κ2) is 8.27. The summed E-state index contributed by atoms with van der Waals surface area (Å²) < 4.78 is 13.8. The number of rotatable bonds is 6. The van der Waals surface area contributed by atoms with Gasteiger partial charge in [0, 0.05) is 11.5 Å². The van der Waals surface area contributed by atoms with Crippen molar-refractivity contribution in [2.45, 2.75) is 38.1 Å². The third-order valence-corrected chi connectivity index (χ3v) is 6.26. The van der Waals surface area contributed by atoms with Crippen LogP contribution in [0.2, 0.25) is 0 Å². The normalized spacial score (nSPS) is 26.1. The number of nitrogens with zero attached hydrogens (tertiary/aromatic N) is 1. The number of likely N-dealkylation sites (tertiary alicyclic amines) is 1. The molecular formula is C22H26FNO4. The smallest absolute Gasteiger partial charge is 0.331 e. The highest BCUT2D eigenvalue weighted by atomic mass is 19.1. The largest absolute Gasteiger partial charge is 0.480 e. The number of piperidine rings is 1. The minimum absolute atomic E-state index is 0.117. The molecule has 6 heteroatoms. The van der Waals surface area contributed by atoms with E-state index in [0.29, 0.717) is 31.0 Å². The van der Waals surface area contributed by atoms with Gasteiger partial charge in [-0.15, -0.1) is 0 Å². The summed E-state index contributed by atoms with van der Waals surface area (Å²) in [7, 11) is 0. The molecule has 0 radical (unpaired) electrons. The Morgan fingerprint density at radius 3 is 2.50 bits per heavy atom.